The zero-order valence-corrected chi connectivity index (χ0v) is 16.9. The number of carbonyl (C=O) groups is 2. The molecule has 10 heteroatoms. The second kappa shape index (κ2) is 11.9. The summed E-state index contributed by atoms with van der Waals surface area (Å²) in [7, 11) is -0.402. The maximum absolute atomic E-state index is 12.6. The number of para-hydroxylation sites is 1. The molecular weight excluding hydrogens is 389 g/mol. The molecule has 9 nitrogen and oxygen atoms in total. The van der Waals surface area contributed by atoms with E-state index in [9.17, 15) is 19.6 Å². The second-order valence-electron chi connectivity index (χ2n) is 6.60. The normalized spacial score (nSPS) is 12.5. The fraction of sp³-hybridized carbons (Fsp3) is 0.350. The third-order valence-electron chi connectivity index (χ3n) is 4.34. The van der Waals surface area contributed by atoms with Gasteiger partial charge in [-0.05, 0) is 31.2 Å². The second-order valence-corrected chi connectivity index (χ2v) is 6.60. The molecule has 2 rings (SSSR count). The Kier molecular flexibility index (Phi) is 9.27. The summed E-state index contributed by atoms with van der Waals surface area (Å²) in [6.45, 7) is 1.75. The van der Waals surface area contributed by atoms with Gasteiger partial charge in [0, 0.05) is 25.4 Å². The standard InChI is InChI=1S/C20H26BN3O6/c1-14-16(9-6-11-22-14)19(25)23-17(13-29-2)20(26)24-18(21(27)28)10-12-30-15-7-4-3-5-8-15/h3-9,11,17-18,27-28H,10,12-13H2,1-2H3,(H,23,25)(H,24,26)/t17?,18-/m0/s1. The Labute approximate surface area is 175 Å². The largest absolute Gasteiger partial charge is 0.494 e. The van der Waals surface area contributed by atoms with Gasteiger partial charge in [-0.2, -0.15) is 0 Å². The van der Waals surface area contributed by atoms with Crippen molar-refractivity contribution in [2.75, 3.05) is 20.3 Å². The molecule has 2 aromatic rings. The number of carbonyl (C=O) groups excluding carboxylic acids is 2. The van der Waals surface area contributed by atoms with Crippen molar-refractivity contribution < 1.29 is 29.1 Å². The molecule has 0 bridgehead atoms. The van der Waals surface area contributed by atoms with Gasteiger partial charge in [0.1, 0.15) is 11.8 Å². The van der Waals surface area contributed by atoms with Crippen LogP contribution in [0.4, 0.5) is 0 Å². The summed E-state index contributed by atoms with van der Waals surface area (Å²) >= 11 is 0. The summed E-state index contributed by atoms with van der Waals surface area (Å²) in [4.78, 5) is 29.2. The highest BCUT2D eigenvalue weighted by molar-refractivity contribution is 6.43. The van der Waals surface area contributed by atoms with Gasteiger partial charge in [-0.15, -0.1) is 0 Å². The number of amides is 2. The number of aryl methyl sites for hydroxylation is 1. The fourth-order valence-electron chi connectivity index (χ4n) is 2.71. The van der Waals surface area contributed by atoms with E-state index < -0.39 is 30.9 Å². The maximum atomic E-state index is 12.6. The Balaban J connectivity index is 1.96. The summed E-state index contributed by atoms with van der Waals surface area (Å²) < 4.78 is 10.6. The predicted molar refractivity (Wildman–Crippen MR) is 111 cm³/mol. The molecule has 1 aromatic carbocycles. The zero-order chi connectivity index (χ0) is 21.9. The molecule has 160 valence electrons. The molecule has 1 aromatic heterocycles. The number of rotatable bonds is 11. The first kappa shape index (κ1) is 23.3. The monoisotopic (exact) mass is 415 g/mol. The highest BCUT2D eigenvalue weighted by atomic mass is 16.5. The van der Waals surface area contributed by atoms with Crippen molar-refractivity contribution >= 4 is 18.9 Å². The van der Waals surface area contributed by atoms with E-state index in [4.69, 9.17) is 9.47 Å². The number of hydrogen-bond donors (Lipinski definition) is 4. The molecule has 0 aliphatic heterocycles. The van der Waals surface area contributed by atoms with Crippen molar-refractivity contribution in [1.82, 2.24) is 15.6 Å². The summed E-state index contributed by atoms with van der Waals surface area (Å²) in [5.74, 6) is -1.44. The summed E-state index contributed by atoms with van der Waals surface area (Å²) in [5, 5.41) is 24.4. The molecule has 30 heavy (non-hydrogen) atoms. The van der Waals surface area contributed by atoms with Gasteiger partial charge >= 0.3 is 7.12 Å². The van der Waals surface area contributed by atoms with Crippen LogP contribution in [-0.4, -0.2) is 66.3 Å². The van der Waals surface area contributed by atoms with Crippen LogP contribution in [0.25, 0.3) is 0 Å². The Hall–Kier alpha value is -2.95. The highest BCUT2D eigenvalue weighted by Crippen LogP contribution is 2.09. The Morgan fingerprint density at radius 3 is 2.50 bits per heavy atom. The number of nitrogens with one attached hydrogen (secondary N) is 2. The molecule has 2 atom stereocenters. The lowest BCUT2D eigenvalue weighted by molar-refractivity contribution is -0.124. The minimum Gasteiger partial charge on any atom is -0.494 e. The lowest BCUT2D eigenvalue weighted by Gasteiger charge is -2.23. The van der Waals surface area contributed by atoms with E-state index in [1.54, 1.807) is 37.4 Å². The van der Waals surface area contributed by atoms with Gasteiger partial charge in [0.25, 0.3) is 5.91 Å². The van der Waals surface area contributed by atoms with Crippen molar-refractivity contribution in [2.24, 2.45) is 0 Å². The van der Waals surface area contributed by atoms with Crippen LogP contribution in [0.3, 0.4) is 0 Å². The lowest BCUT2D eigenvalue weighted by Crippen LogP contribution is -2.55. The molecule has 1 unspecified atom stereocenters. The third kappa shape index (κ3) is 7.14. The molecule has 0 saturated carbocycles. The number of aromatic nitrogens is 1. The van der Waals surface area contributed by atoms with E-state index in [0.717, 1.165) is 0 Å². The van der Waals surface area contributed by atoms with Crippen molar-refractivity contribution in [3.05, 3.63) is 59.9 Å². The molecule has 0 radical (unpaired) electrons. The Morgan fingerprint density at radius 1 is 1.13 bits per heavy atom. The zero-order valence-electron chi connectivity index (χ0n) is 16.9. The van der Waals surface area contributed by atoms with Crippen LogP contribution < -0.4 is 15.4 Å². The Bertz CT molecular complexity index is 821. The summed E-state index contributed by atoms with van der Waals surface area (Å²) in [6, 6.07) is 11.2. The summed E-state index contributed by atoms with van der Waals surface area (Å²) in [5.41, 5.74) is 0.856. The van der Waals surface area contributed by atoms with Gasteiger partial charge in [0.15, 0.2) is 0 Å². The fourth-order valence-corrected chi connectivity index (χ4v) is 2.71. The molecule has 0 saturated heterocycles. The average Bonchev–Trinajstić information content (AvgIpc) is 2.73. The third-order valence-corrected chi connectivity index (χ3v) is 4.34. The maximum Gasteiger partial charge on any atom is 0.475 e. The van der Waals surface area contributed by atoms with Crippen molar-refractivity contribution in [2.45, 2.75) is 25.3 Å². The van der Waals surface area contributed by atoms with E-state index in [-0.39, 0.29) is 19.6 Å². The van der Waals surface area contributed by atoms with Gasteiger partial charge < -0.3 is 30.2 Å². The minimum atomic E-state index is -1.80. The van der Waals surface area contributed by atoms with Crippen LogP contribution in [0.5, 0.6) is 5.75 Å². The average molecular weight is 415 g/mol. The number of ether oxygens (including phenoxy) is 2. The van der Waals surface area contributed by atoms with E-state index in [0.29, 0.717) is 17.0 Å². The molecule has 4 N–H and O–H groups in total. The topological polar surface area (TPSA) is 130 Å². The highest BCUT2D eigenvalue weighted by Gasteiger charge is 2.29. The predicted octanol–water partition coefficient (Wildman–Crippen LogP) is 0.101. The lowest BCUT2D eigenvalue weighted by atomic mass is 9.77. The van der Waals surface area contributed by atoms with Crippen LogP contribution in [0.2, 0.25) is 0 Å². The number of methoxy groups -OCH3 is 1. The van der Waals surface area contributed by atoms with Gasteiger partial charge in [0.05, 0.1) is 24.7 Å². The molecule has 0 aliphatic carbocycles. The molecule has 0 spiro atoms. The van der Waals surface area contributed by atoms with Crippen molar-refractivity contribution in [3.8, 4) is 5.75 Å². The SMILES string of the molecule is COCC(NC(=O)c1cccnc1C)C(=O)N[C@@H](CCOc1ccccc1)B(O)O. The van der Waals surface area contributed by atoms with E-state index >= 15 is 0 Å². The number of pyridine rings is 1. The van der Waals surface area contributed by atoms with Crippen LogP contribution in [0.15, 0.2) is 48.7 Å². The van der Waals surface area contributed by atoms with Crippen LogP contribution in [0.1, 0.15) is 22.5 Å². The molecular formula is C20H26BN3O6. The molecule has 2 amide bonds. The molecule has 0 fully saturated rings. The van der Waals surface area contributed by atoms with Gasteiger partial charge in [-0.1, -0.05) is 18.2 Å². The van der Waals surface area contributed by atoms with E-state index in [1.165, 1.54) is 7.11 Å². The van der Waals surface area contributed by atoms with Gasteiger partial charge in [-0.25, -0.2) is 0 Å². The molecule has 0 aliphatic rings. The van der Waals surface area contributed by atoms with E-state index in [2.05, 4.69) is 15.6 Å². The number of hydrogen-bond acceptors (Lipinski definition) is 7. The van der Waals surface area contributed by atoms with E-state index in [1.807, 2.05) is 18.2 Å². The number of nitrogens with zero attached hydrogens (tertiary/aromatic N) is 1. The first-order valence-electron chi connectivity index (χ1n) is 9.48. The number of benzene rings is 1. The van der Waals surface area contributed by atoms with Gasteiger partial charge in [-0.3, -0.25) is 14.6 Å². The first-order valence-corrected chi connectivity index (χ1v) is 9.48. The molecule has 1 heterocycles. The van der Waals surface area contributed by atoms with Gasteiger partial charge in [0.2, 0.25) is 5.91 Å². The van der Waals surface area contributed by atoms with Crippen LogP contribution in [0, 0.1) is 6.92 Å². The van der Waals surface area contributed by atoms with Crippen molar-refractivity contribution in [3.63, 3.8) is 0 Å². The smallest absolute Gasteiger partial charge is 0.475 e. The summed E-state index contributed by atoms with van der Waals surface area (Å²) in [6.07, 6.45) is 1.71. The first-order chi connectivity index (χ1) is 14.4. The van der Waals surface area contributed by atoms with Crippen LogP contribution >= 0.6 is 0 Å². The minimum absolute atomic E-state index is 0.0916. The van der Waals surface area contributed by atoms with Crippen molar-refractivity contribution in [1.29, 1.82) is 0 Å². The quantitative estimate of drug-likeness (QED) is 0.383. The van der Waals surface area contributed by atoms with Crippen LogP contribution in [-0.2, 0) is 9.53 Å². The Morgan fingerprint density at radius 2 is 1.87 bits per heavy atom.